The molecule has 1 aliphatic heterocycles. The van der Waals surface area contributed by atoms with Gasteiger partial charge < -0.3 is 10.1 Å². The van der Waals surface area contributed by atoms with Crippen molar-refractivity contribution in [1.82, 2.24) is 5.32 Å². The van der Waals surface area contributed by atoms with Crippen molar-refractivity contribution in [3.8, 4) is 5.75 Å². The van der Waals surface area contributed by atoms with Crippen LogP contribution in [0.5, 0.6) is 5.75 Å². The SMILES string of the molecule is Fc1cc([C@@H](Oc2ccccc2)C2CNC2)ccc1Cl. The maximum absolute atomic E-state index is 13.7. The first-order valence-electron chi connectivity index (χ1n) is 6.61. The van der Waals surface area contributed by atoms with Gasteiger partial charge in [-0.2, -0.15) is 0 Å². The molecule has 0 aromatic heterocycles. The predicted molar refractivity (Wildman–Crippen MR) is 77.6 cm³/mol. The number of para-hydroxylation sites is 1. The molecule has 0 amide bonds. The van der Waals surface area contributed by atoms with Gasteiger partial charge in [0.25, 0.3) is 0 Å². The van der Waals surface area contributed by atoms with E-state index in [4.69, 9.17) is 16.3 Å². The Morgan fingerprint density at radius 1 is 1.15 bits per heavy atom. The van der Waals surface area contributed by atoms with Crippen molar-refractivity contribution < 1.29 is 9.13 Å². The van der Waals surface area contributed by atoms with E-state index in [1.165, 1.54) is 6.07 Å². The molecule has 20 heavy (non-hydrogen) atoms. The summed E-state index contributed by atoms with van der Waals surface area (Å²) in [6.07, 6.45) is -0.162. The molecule has 4 heteroatoms. The minimum Gasteiger partial charge on any atom is -0.485 e. The van der Waals surface area contributed by atoms with Crippen molar-refractivity contribution in [2.75, 3.05) is 13.1 Å². The fourth-order valence-electron chi connectivity index (χ4n) is 2.30. The fraction of sp³-hybridized carbons (Fsp3) is 0.250. The number of benzene rings is 2. The van der Waals surface area contributed by atoms with Gasteiger partial charge in [-0.25, -0.2) is 4.39 Å². The second-order valence-corrected chi connectivity index (χ2v) is 5.35. The standard InChI is InChI=1S/C16H15ClFNO/c17-14-7-6-11(8-15(14)18)16(12-9-19-10-12)20-13-4-2-1-3-5-13/h1-8,12,16,19H,9-10H2/t16-/m1/s1. The zero-order chi connectivity index (χ0) is 13.9. The third kappa shape index (κ3) is 2.79. The Morgan fingerprint density at radius 2 is 1.90 bits per heavy atom. The Bertz CT molecular complexity index is 586. The van der Waals surface area contributed by atoms with Crippen molar-refractivity contribution in [2.24, 2.45) is 5.92 Å². The molecule has 1 saturated heterocycles. The summed E-state index contributed by atoms with van der Waals surface area (Å²) < 4.78 is 19.7. The Hall–Kier alpha value is -1.58. The van der Waals surface area contributed by atoms with E-state index in [1.807, 2.05) is 36.4 Å². The average molecular weight is 292 g/mol. The maximum Gasteiger partial charge on any atom is 0.142 e. The van der Waals surface area contributed by atoms with Crippen LogP contribution in [0.1, 0.15) is 11.7 Å². The highest BCUT2D eigenvalue weighted by Gasteiger charge is 2.30. The van der Waals surface area contributed by atoms with Crippen molar-refractivity contribution in [2.45, 2.75) is 6.10 Å². The summed E-state index contributed by atoms with van der Waals surface area (Å²) in [5.41, 5.74) is 0.822. The van der Waals surface area contributed by atoms with E-state index in [2.05, 4.69) is 5.32 Å². The van der Waals surface area contributed by atoms with E-state index >= 15 is 0 Å². The normalized spacial score (nSPS) is 16.5. The lowest BCUT2D eigenvalue weighted by atomic mass is 9.90. The molecule has 104 valence electrons. The highest BCUT2D eigenvalue weighted by atomic mass is 35.5. The van der Waals surface area contributed by atoms with Gasteiger partial charge in [-0.15, -0.1) is 0 Å². The van der Waals surface area contributed by atoms with Crippen molar-refractivity contribution in [1.29, 1.82) is 0 Å². The van der Waals surface area contributed by atoms with E-state index in [0.717, 1.165) is 24.4 Å². The van der Waals surface area contributed by atoms with Crippen LogP contribution in [-0.2, 0) is 0 Å². The molecule has 1 aliphatic rings. The summed E-state index contributed by atoms with van der Waals surface area (Å²) in [6, 6.07) is 14.5. The number of rotatable bonds is 4. The Kier molecular flexibility index (Phi) is 3.90. The van der Waals surface area contributed by atoms with Crippen LogP contribution in [0, 0.1) is 11.7 Å². The highest BCUT2D eigenvalue weighted by Crippen LogP contribution is 2.32. The number of ether oxygens (including phenoxy) is 1. The zero-order valence-electron chi connectivity index (χ0n) is 10.9. The first kappa shape index (κ1) is 13.4. The summed E-state index contributed by atoms with van der Waals surface area (Å²) in [4.78, 5) is 0. The molecule has 0 unspecified atom stereocenters. The Balaban J connectivity index is 1.87. The maximum atomic E-state index is 13.7. The first-order chi connectivity index (χ1) is 9.74. The lowest BCUT2D eigenvalue weighted by Crippen LogP contribution is -2.46. The fourth-order valence-corrected chi connectivity index (χ4v) is 2.41. The zero-order valence-corrected chi connectivity index (χ0v) is 11.6. The lowest BCUT2D eigenvalue weighted by molar-refractivity contribution is 0.0990. The van der Waals surface area contributed by atoms with E-state index in [0.29, 0.717) is 5.92 Å². The van der Waals surface area contributed by atoms with E-state index in [1.54, 1.807) is 6.07 Å². The third-order valence-corrected chi connectivity index (χ3v) is 3.83. The summed E-state index contributed by atoms with van der Waals surface area (Å²) >= 11 is 5.74. The highest BCUT2D eigenvalue weighted by molar-refractivity contribution is 6.30. The number of hydrogen-bond acceptors (Lipinski definition) is 2. The van der Waals surface area contributed by atoms with Gasteiger partial charge in [-0.1, -0.05) is 35.9 Å². The minimum atomic E-state index is -0.405. The monoisotopic (exact) mass is 291 g/mol. The molecule has 0 radical (unpaired) electrons. The van der Waals surface area contributed by atoms with Crippen LogP contribution in [0.15, 0.2) is 48.5 Å². The van der Waals surface area contributed by atoms with Crippen LogP contribution in [0.2, 0.25) is 5.02 Å². The predicted octanol–water partition coefficient (Wildman–Crippen LogP) is 3.82. The van der Waals surface area contributed by atoms with Gasteiger partial charge in [0, 0.05) is 19.0 Å². The van der Waals surface area contributed by atoms with Gasteiger partial charge in [0.1, 0.15) is 17.7 Å². The molecule has 1 fully saturated rings. The van der Waals surface area contributed by atoms with Gasteiger partial charge in [-0.3, -0.25) is 0 Å². The van der Waals surface area contributed by atoms with Crippen LogP contribution in [-0.4, -0.2) is 13.1 Å². The van der Waals surface area contributed by atoms with Gasteiger partial charge >= 0.3 is 0 Å². The molecular formula is C16H15ClFNO. The summed E-state index contributed by atoms with van der Waals surface area (Å²) in [7, 11) is 0. The first-order valence-corrected chi connectivity index (χ1v) is 6.99. The molecule has 2 nitrogen and oxygen atoms in total. The van der Waals surface area contributed by atoms with Crippen LogP contribution in [0.4, 0.5) is 4.39 Å². The summed E-state index contributed by atoms with van der Waals surface area (Å²) in [5.74, 6) is 0.730. The topological polar surface area (TPSA) is 21.3 Å². The molecular weight excluding hydrogens is 277 g/mol. The molecule has 0 aliphatic carbocycles. The quantitative estimate of drug-likeness (QED) is 0.925. The second-order valence-electron chi connectivity index (χ2n) is 4.94. The molecule has 3 rings (SSSR count). The number of halogens is 2. The van der Waals surface area contributed by atoms with Crippen LogP contribution >= 0.6 is 11.6 Å². The molecule has 2 aromatic carbocycles. The average Bonchev–Trinajstić information content (AvgIpc) is 2.40. The molecule has 2 aromatic rings. The van der Waals surface area contributed by atoms with E-state index in [9.17, 15) is 4.39 Å². The number of nitrogens with one attached hydrogen (secondary N) is 1. The summed E-state index contributed by atoms with van der Waals surface area (Å²) in [6.45, 7) is 1.75. The van der Waals surface area contributed by atoms with Crippen molar-refractivity contribution in [3.05, 3.63) is 64.9 Å². The van der Waals surface area contributed by atoms with E-state index in [-0.39, 0.29) is 11.1 Å². The molecule has 0 saturated carbocycles. The largest absolute Gasteiger partial charge is 0.485 e. The Morgan fingerprint density at radius 3 is 2.50 bits per heavy atom. The third-order valence-electron chi connectivity index (χ3n) is 3.52. The molecule has 1 heterocycles. The van der Waals surface area contributed by atoms with Crippen LogP contribution < -0.4 is 10.1 Å². The molecule has 0 spiro atoms. The van der Waals surface area contributed by atoms with Gasteiger partial charge in [0.2, 0.25) is 0 Å². The van der Waals surface area contributed by atoms with Gasteiger partial charge in [-0.05, 0) is 29.8 Å². The lowest BCUT2D eigenvalue weighted by Gasteiger charge is -2.35. The smallest absolute Gasteiger partial charge is 0.142 e. The van der Waals surface area contributed by atoms with Crippen LogP contribution in [0.25, 0.3) is 0 Å². The Labute approximate surface area is 122 Å². The summed E-state index contributed by atoms with van der Waals surface area (Å²) in [5, 5.41) is 3.36. The van der Waals surface area contributed by atoms with Gasteiger partial charge in [0.15, 0.2) is 0 Å². The van der Waals surface area contributed by atoms with Gasteiger partial charge in [0.05, 0.1) is 5.02 Å². The number of hydrogen-bond donors (Lipinski definition) is 1. The van der Waals surface area contributed by atoms with Crippen molar-refractivity contribution >= 4 is 11.6 Å². The molecule has 1 N–H and O–H groups in total. The molecule has 1 atom stereocenters. The molecule has 0 bridgehead atoms. The van der Waals surface area contributed by atoms with E-state index < -0.39 is 5.82 Å². The minimum absolute atomic E-state index is 0.138. The van der Waals surface area contributed by atoms with Crippen LogP contribution in [0.3, 0.4) is 0 Å². The van der Waals surface area contributed by atoms with Crippen molar-refractivity contribution in [3.63, 3.8) is 0 Å². The second kappa shape index (κ2) is 5.81.